The molecule has 2 aromatic carbocycles. The number of carbonyl (C=O) groups excluding carboxylic acids is 1. The van der Waals surface area contributed by atoms with E-state index in [2.05, 4.69) is 46.1 Å². The van der Waals surface area contributed by atoms with E-state index >= 15 is 0 Å². The number of carbonyl (C=O) groups is 1. The maximum absolute atomic E-state index is 14.3. The highest BCUT2D eigenvalue weighted by Crippen LogP contribution is 2.30. The van der Waals surface area contributed by atoms with Crippen molar-refractivity contribution in [2.24, 2.45) is 5.92 Å². The molecule has 2 atom stereocenters. The summed E-state index contributed by atoms with van der Waals surface area (Å²) in [6.45, 7) is 10.0. The van der Waals surface area contributed by atoms with Crippen LogP contribution in [-0.4, -0.2) is 48.0 Å². The number of piperidine rings is 1. The fourth-order valence-electron chi connectivity index (χ4n) is 5.37. The van der Waals surface area contributed by atoms with Gasteiger partial charge in [-0.1, -0.05) is 50.1 Å². The fraction of sp³-hybridized carbons (Fsp3) is 0.484. The molecule has 6 nitrogen and oxygen atoms in total. The number of rotatable bonds is 12. The molecular formula is C31H41FN4O2. The van der Waals surface area contributed by atoms with Gasteiger partial charge in [0.1, 0.15) is 11.6 Å². The van der Waals surface area contributed by atoms with Crippen LogP contribution in [0.5, 0.6) is 0 Å². The van der Waals surface area contributed by atoms with Crippen LogP contribution in [0.4, 0.5) is 10.1 Å². The van der Waals surface area contributed by atoms with Gasteiger partial charge in [-0.2, -0.15) is 0 Å². The molecule has 7 heteroatoms. The number of oxazole rings is 1. The number of halogens is 1. The smallest absolute Gasteiger partial charge is 0.229 e. The Morgan fingerprint density at radius 3 is 2.66 bits per heavy atom. The molecule has 0 saturated carbocycles. The molecule has 4 rings (SSSR count). The molecule has 0 aliphatic carbocycles. The first-order chi connectivity index (χ1) is 18.5. The number of nitrogens with zero attached hydrogens (tertiary/aromatic N) is 3. The summed E-state index contributed by atoms with van der Waals surface area (Å²) >= 11 is 0. The number of hydrogen-bond acceptors (Lipinski definition) is 5. The normalized spacial score (nSPS) is 17.9. The average molecular weight is 521 g/mol. The number of para-hydroxylation sites is 1. The van der Waals surface area contributed by atoms with E-state index < -0.39 is 0 Å². The summed E-state index contributed by atoms with van der Waals surface area (Å²) in [4.78, 5) is 22.5. The highest BCUT2D eigenvalue weighted by molar-refractivity contribution is 5.78. The van der Waals surface area contributed by atoms with Crippen LogP contribution in [0.2, 0.25) is 0 Å². The maximum atomic E-state index is 14.3. The van der Waals surface area contributed by atoms with Crippen LogP contribution >= 0.6 is 0 Å². The van der Waals surface area contributed by atoms with Crippen molar-refractivity contribution >= 4 is 11.6 Å². The maximum Gasteiger partial charge on any atom is 0.229 e. The van der Waals surface area contributed by atoms with Gasteiger partial charge >= 0.3 is 0 Å². The van der Waals surface area contributed by atoms with Gasteiger partial charge in [0.2, 0.25) is 11.8 Å². The Kier molecular flexibility index (Phi) is 9.93. The van der Waals surface area contributed by atoms with Gasteiger partial charge in [0, 0.05) is 43.8 Å². The zero-order valence-electron chi connectivity index (χ0n) is 23.0. The minimum absolute atomic E-state index is 0.0206. The minimum atomic E-state index is -0.334. The Morgan fingerprint density at radius 2 is 1.92 bits per heavy atom. The lowest BCUT2D eigenvalue weighted by molar-refractivity contribution is -0.127. The first kappa shape index (κ1) is 27.8. The molecule has 1 amide bonds. The summed E-state index contributed by atoms with van der Waals surface area (Å²) in [5.41, 5.74) is 2.40. The summed E-state index contributed by atoms with van der Waals surface area (Å²) in [5, 5.41) is 3.20. The van der Waals surface area contributed by atoms with Crippen LogP contribution in [0.1, 0.15) is 57.4 Å². The lowest BCUT2D eigenvalue weighted by atomic mass is 9.87. The van der Waals surface area contributed by atoms with E-state index in [0.29, 0.717) is 30.6 Å². The van der Waals surface area contributed by atoms with Gasteiger partial charge in [0.15, 0.2) is 0 Å². The Balaban J connectivity index is 1.35. The van der Waals surface area contributed by atoms with E-state index in [9.17, 15) is 9.18 Å². The molecule has 1 aliphatic rings. The number of likely N-dealkylation sites (N-methyl/N-ethyl adjacent to an activating group) is 1. The van der Waals surface area contributed by atoms with Crippen molar-refractivity contribution in [2.45, 2.75) is 65.5 Å². The number of unbranched alkanes of at least 4 members (excludes halogenated alkanes) is 1. The van der Waals surface area contributed by atoms with Crippen LogP contribution in [-0.2, 0) is 11.3 Å². The van der Waals surface area contributed by atoms with Gasteiger partial charge in [0.25, 0.3) is 0 Å². The predicted molar refractivity (Wildman–Crippen MR) is 150 cm³/mol. The Bertz CT molecular complexity index is 1170. The van der Waals surface area contributed by atoms with Gasteiger partial charge < -0.3 is 14.6 Å². The van der Waals surface area contributed by atoms with Crippen molar-refractivity contribution in [1.29, 1.82) is 0 Å². The zero-order valence-corrected chi connectivity index (χ0v) is 23.0. The molecule has 204 valence electrons. The highest BCUT2D eigenvalue weighted by atomic mass is 19.1. The first-order valence-electron chi connectivity index (χ1n) is 14.0. The van der Waals surface area contributed by atoms with E-state index in [0.717, 1.165) is 63.2 Å². The molecular weight excluding hydrogens is 479 g/mol. The van der Waals surface area contributed by atoms with Gasteiger partial charge in [0.05, 0.1) is 11.3 Å². The summed E-state index contributed by atoms with van der Waals surface area (Å²) in [7, 11) is 0. The summed E-state index contributed by atoms with van der Waals surface area (Å²) < 4.78 is 20.1. The van der Waals surface area contributed by atoms with Crippen molar-refractivity contribution in [3.05, 3.63) is 71.9 Å². The van der Waals surface area contributed by atoms with Crippen LogP contribution < -0.4 is 10.2 Å². The zero-order chi connectivity index (χ0) is 26.9. The van der Waals surface area contributed by atoms with E-state index in [1.165, 1.54) is 11.8 Å². The Labute approximate surface area is 226 Å². The number of nitrogens with one attached hydrogen (secondary N) is 1. The Hall–Kier alpha value is -3.19. The summed E-state index contributed by atoms with van der Waals surface area (Å²) in [5.74, 6) is 0.892. The van der Waals surface area contributed by atoms with Crippen LogP contribution in [0.25, 0.3) is 11.5 Å². The van der Waals surface area contributed by atoms with Crippen molar-refractivity contribution in [1.82, 2.24) is 15.2 Å². The summed E-state index contributed by atoms with van der Waals surface area (Å²) in [6.07, 6.45) is 4.96. The second kappa shape index (κ2) is 13.6. The molecule has 0 spiro atoms. The van der Waals surface area contributed by atoms with Crippen molar-refractivity contribution < 1.29 is 13.6 Å². The van der Waals surface area contributed by atoms with E-state index in [4.69, 9.17) is 4.42 Å². The molecule has 0 bridgehead atoms. The van der Waals surface area contributed by atoms with Crippen LogP contribution in [0.3, 0.4) is 0 Å². The van der Waals surface area contributed by atoms with Gasteiger partial charge in [-0.3, -0.25) is 9.69 Å². The quantitative estimate of drug-likeness (QED) is 0.308. The van der Waals surface area contributed by atoms with Crippen LogP contribution in [0, 0.1) is 18.7 Å². The molecule has 0 radical (unpaired) electrons. The standard InChI is InChI=1S/C31H41FN4O2/c1-4-6-12-26-21-24(30(37)33-18-20-35(5-2)25-13-8-7-9-14-25)17-19-36(26)22-29-23(3)38-31(34-29)27-15-10-11-16-28(27)32/h7-11,13-16,24,26H,4-6,12,17-22H2,1-3H3,(H,33,37). The lowest BCUT2D eigenvalue weighted by Gasteiger charge is -2.39. The second-order valence-electron chi connectivity index (χ2n) is 10.2. The second-order valence-corrected chi connectivity index (χ2v) is 10.2. The van der Waals surface area contributed by atoms with Gasteiger partial charge in [-0.05, 0) is 63.9 Å². The monoisotopic (exact) mass is 520 g/mol. The third-order valence-corrected chi connectivity index (χ3v) is 7.63. The molecule has 38 heavy (non-hydrogen) atoms. The lowest BCUT2D eigenvalue weighted by Crippen LogP contribution is -2.47. The highest BCUT2D eigenvalue weighted by Gasteiger charge is 2.32. The topological polar surface area (TPSA) is 61.6 Å². The molecule has 1 N–H and O–H groups in total. The summed E-state index contributed by atoms with van der Waals surface area (Å²) in [6, 6.07) is 17.2. The van der Waals surface area contributed by atoms with E-state index in [1.54, 1.807) is 18.2 Å². The molecule has 1 aromatic heterocycles. The van der Waals surface area contributed by atoms with E-state index in [1.807, 2.05) is 25.1 Å². The Morgan fingerprint density at radius 1 is 1.16 bits per heavy atom. The number of benzene rings is 2. The van der Waals surface area contributed by atoms with E-state index in [-0.39, 0.29) is 17.6 Å². The third kappa shape index (κ3) is 7.01. The van der Waals surface area contributed by atoms with Crippen molar-refractivity contribution in [3.63, 3.8) is 0 Å². The van der Waals surface area contributed by atoms with Gasteiger partial charge in [-0.25, -0.2) is 9.37 Å². The number of aryl methyl sites for hydroxylation is 1. The minimum Gasteiger partial charge on any atom is -0.441 e. The molecule has 1 aliphatic heterocycles. The first-order valence-corrected chi connectivity index (χ1v) is 14.0. The third-order valence-electron chi connectivity index (χ3n) is 7.63. The predicted octanol–water partition coefficient (Wildman–Crippen LogP) is 6.20. The molecule has 1 saturated heterocycles. The SMILES string of the molecule is CCCCC1CC(C(=O)NCCN(CC)c2ccccc2)CCN1Cc1nc(-c2ccccc2F)oc1C. The largest absolute Gasteiger partial charge is 0.441 e. The molecule has 3 aromatic rings. The van der Waals surface area contributed by atoms with Gasteiger partial charge in [-0.15, -0.1) is 0 Å². The molecule has 1 fully saturated rings. The number of aromatic nitrogens is 1. The number of likely N-dealkylation sites (tertiary alicyclic amines) is 1. The van der Waals surface area contributed by atoms with Crippen molar-refractivity contribution in [2.75, 3.05) is 31.1 Å². The number of amides is 1. The molecule has 2 unspecified atom stereocenters. The fourth-order valence-corrected chi connectivity index (χ4v) is 5.37. The molecule has 2 heterocycles. The number of hydrogen-bond donors (Lipinski definition) is 1. The number of anilines is 1. The average Bonchev–Trinajstić information content (AvgIpc) is 3.30. The van der Waals surface area contributed by atoms with Crippen LogP contribution in [0.15, 0.2) is 59.0 Å². The van der Waals surface area contributed by atoms with Crippen molar-refractivity contribution in [3.8, 4) is 11.5 Å².